The molecule has 0 aliphatic heterocycles. The van der Waals surface area contributed by atoms with Crippen molar-refractivity contribution in [2.75, 3.05) is 12.9 Å². The van der Waals surface area contributed by atoms with Gasteiger partial charge in [-0.2, -0.15) is 0 Å². The highest BCUT2D eigenvalue weighted by Crippen LogP contribution is 2.37. The van der Waals surface area contributed by atoms with Crippen LogP contribution in [0.25, 0.3) is 11.2 Å². The number of aliphatic hydroxyl groups is 3. The third kappa shape index (κ3) is 1.99. The molecule has 2 heterocycles. The Bertz CT molecular complexity index is 620. The van der Waals surface area contributed by atoms with Crippen molar-refractivity contribution in [1.29, 1.82) is 0 Å². The molecule has 0 aromatic carbocycles. The molecule has 20 heavy (non-hydrogen) atoms. The van der Waals surface area contributed by atoms with Gasteiger partial charge in [0.25, 0.3) is 0 Å². The minimum atomic E-state index is -0.933. The number of hydrogen-bond acceptors (Lipinski definition) is 7. The first kappa shape index (κ1) is 13.7. The molecule has 4 atom stereocenters. The van der Waals surface area contributed by atoms with Crippen LogP contribution in [-0.2, 0) is 0 Å². The summed E-state index contributed by atoms with van der Waals surface area (Å²) in [5, 5.41) is 30.1. The molecular formula is C12H16N4O3S. The van der Waals surface area contributed by atoms with Crippen LogP contribution in [0.3, 0.4) is 0 Å². The molecule has 0 unspecified atom stereocenters. The van der Waals surface area contributed by atoms with Crippen LogP contribution >= 0.6 is 11.8 Å². The molecule has 108 valence electrons. The maximum Gasteiger partial charge on any atom is 0.164 e. The van der Waals surface area contributed by atoms with E-state index < -0.39 is 12.2 Å². The van der Waals surface area contributed by atoms with Gasteiger partial charge < -0.3 is 19.9 Å². The van der Waals surface area contributed by atoms with E-state index in [0.29, 0.717) is 17.6 Å². The standard InChI is InChI=1S/C12H16N4O3S/c1-20-12-8-11(13-4-14-12)16(5-15-8)7-2-6(3-17)9(18)10(7)19/h4-7,9-10,17-19H,2-3H2,1H3/t6-,7-,9-,10-/m0/s1. The number of rotatable bonds is 3. The normalized spacial score (nSPS) is 30.2. The van der Waals surface area contributed by atoms with Gasteiger partial charge in [0.2, 0.25) is 0 Å². The monoisotopic (exact) mass is 296 g/mol. The smallest absolute Gasteiger partial charge is 0.164 e. The predicted molar refractivity (Wildman–Crippen MR) is 73.3 cm³/mol. The molecule has 0 radical (unpaired) electrons. The van der Waals surface area contributed by atoms with Crippen LogP contribution in [0.15, 0.2) is 17.7 Å². The maximum atomic E-state index is 10.2. The van der Waals surface area contributed by atoms with Crippen molar-refractivity contribution < 1.29 is 15.3 Å². The van der Waals surface area contributed by atoms with Crippen LogP contribution < -0.4 is 0 Å². The van der Waals surface area contributed by atoms with Gasteiger partial charge in [-0.15, -0.1) is 11.8 Å². The Balaban J connectivity index is 2.03. The summed E-state index contributed by atoms with van der Waals surface area (Å²) in [6, 6.07) is -0.336. The van der Waals surface area contributed by atoms with Gasteiger partial charge >= 0.3 is 0 Å². The second kappa shape index (κ2) is 5.28. The van der Waals surface area contributed by atoms with Gasteiger partial charge in [-0.3, -0.25) is 0 Å². The van der Waals surface area contributed by atoms with E-state index in [9.17, 15) is 15.3 Å². The van der Waals surface area contributed by atoms with Crippen molar-refractivity contribution in [1.82, 2.24) is 19.5 Å². The average Bonchev–Trinajstić information content (AvgIpc) is 3.01. The molecule has 1 aliphatic carbocycles. The van der Waals surface area contributed by atoms with Gasteiger partial charge in [0.1, 0.15) is 23.0 Å². The first-order valence-corrected chi connectivity index (χ1v) is 7.58. The number of imidazole rings is 1. The second-order valence-corrected chi connectivity index (χ2v) is 5.73. The Labute approximate surface area is 119 Å². The lowest BCUT2D eigenvalue weighted by Gasteiger charge is -2.18. The summed E-state index contributed by atoms with van der Waals surface area (Å²) < 4.78 is 1.76. The quantitative estimate of drug-likeness (QED) is 0.533. The third-order valence-corrected chi connectivity index (χ3v) is 4.57. The van der Waals surface area contributed by atoms with Gasteiger partial charge in [-0.05, 0) is 12.7 Å². The number of fused-ring (bicyclic) bond motifs is 1. The fourth-order valence-corrected chi connectivity index (χ4v) is 3.27. The largest absolute Gasteiger partial charge is 0.396 e. The van der Waals surface area contributed by atoms with Crippen molar-refractivity contribution >= 4 is 22.9 Å². The van der Waals surface area contributed by atoms with Gasteiger partial charge in [0.15, 0.2) is 5.65 Å². The molecule has 3 N–H and O–H groups in total. The highest BCUT2D eigenvalue weighted by atomic mass is 32.2. The van der Waals surface area contributed by atoms with E-state index in [2.05, 4.69) is 15.0 Å². The number of hydrogen-bond donors (Lipinski definition) is 3. The SMILES string of the molecule is CSc1ncnc2c1ncn2[C@H]1C[C@@H](CO)[C@H](O)[C@H]1O. The van der Waals surface area contributed by atoms with Crippen molar-refractivity contribution in [3.8, 4) is 0 Å². The van der Waals surface area contributed by atoms with E-state index in [-0.39, 0.29) is 18.6 Å². The Morgan fingerprint density at radius 1 is 1.30 bits per heavy atom. The summed E-state index contributed by atoms with van der Waals surface area (Å²) in [7, 11) is 0. The predicted octanol–water partition coefficient (Wildman–Crippen LogP) is -0.177. The highest BCUT2D eigenvalue weighted by Gasteiger charge is 2.42. The van der Waals surface area contributed by atoms with Crippen LogP contribution in [-0.4, -0.2) is 59.9 Å². The molecule has 2 aromatic heterocycles. The molecular weight excluding hydrogens is 280 g/mol. The number of aliphatic hydroxyl groups excluding tert-OH is 3. The van der Waals surface area contributed by atoms with E-state index in [4.69, 9.17) is 0 Å². The summed E-state index contributed by atoms with van der Waals surface area (Å²) in [6.45, 7) is -0.146. The van der Waals surface area contributed by atoms with E-state index in [1.807, 2.05) is 6.26 Å². The van der Waals surface area contributed by atoms with Gasteiger partial charge in [-0.25, -0.2) is 15.0 Å². The zero-order chi connectivity index (χ0) is 14.3. The molecule has 0 bridgehead atoms. The Morgan fingerprint density at radius 2 is 2.10 bits per heavy atom. The van der Waals surface area contributed by atoms with E-state index in [1.54, 1.807) is 10.9 Å². The lowest BCUT2D eigenvalue weighted by molar-refractivity contribution is -0.00370. The zero-order valence-corrected chi connectivity index (χ0v) is 11.7. The van der Waals surface area contributed by atoms with Crippen LogP contribution in [0, 0.1) is 5.92 Å². The molecule has 1 aliphatic rings. The fraction of sp³-hybridized carbons (Fsp3) is 0.583. The van der Waals surface area contributed by atoms with Crippen molar-refractivity contribution in [2.45, 2.75) is 29.7 Å². The van der Waals surface area contributed by atoms with Crippen LogP contribution in [0.2, 0.25) is 0 Å². The van der Waals surface area contributed by atoms with E-state index in [0.717, 1.165) is 5.03 Å². The van der Waals surface area contributed by atoms with Gasteiger partial charge in [0, 0.05) is 12.5 Å². The molecule has 0 saturated heterocycles. The molecule has 7 nitrogen and oxygen atoms in total. The maximum absolute atomic E-state index is 10.2. The Kier molecular flexibility index (Phi) is 3.63. The molecule has 1 fully saturated rings. The van der Waals surface area contributed by atoms with Crippen LogP contribution in [0.1, 0.15) is 12.5 Å². The highest BCUT2D eigenvalue weighted by molar-refractivity contribution is 7.98. The van der Waals surface area contributed by atoms with Crippen LogP contribution in [0.4, 0.5) is 0 Å². The number of nitrogens with zero attached hydrogens (tertiary/aromatic N) is 4. The molecule has 0 amide bonds. The summed E-state index contributed by atoms with van der Waals surface area (Å²) >= 11 is 1.48. The van der Waals surface area contributed by atoms with Gasteiger partial charge in [0.05, 0.1) is 18.5 Å². The van der Waals surface area contributed by atoms with Crippen molar-refractivity contribution in [3.05, 3.63) is 12.7 Å². The topological polar surface area (TPSA) is 104 Å². The van der Waals surface area contributed by atoms with E-state index in [1.165, 1.54) is 18.1 Å². The summed E-state index contributed by atoms with van der Waals surface area (Å²) in [5.41, 5.74) is 1.33. The summed E-state index contributed by atoms with van der Waals surface area (Å²) in [5.74, 6) is -0.325. The van der Waals surface area contributed by atoms with Crippen LogP contribution in [0.5, 0.6) is 0 Å². The lowest BCUT2D eigenvalue weighted by atomic mass is 10.1. The zero-order valence-electron chi connectivity index (χ0n) is 10.9. The fourth-order valence-electron chi connectivity index (χ4n) is 2.78. The first-order chi connectivity index (χ1) is 9.67. The molecule has 8 heteroatoms. The van der Waals surface area contributed by atoms with Crippen molar-refractivity contribution in [2.24, 2.45) is 5.92 Å². The Hall–Kier alpha value is -1.22. The minimum absolute atomic E-state index is 0.146. The first-order valence-electron chi connectivity index (χ1n) is 6.36. The summed E-state index contributed by atoms with van der Waals surface area (Å²) in [6.07, 6.45) is 3.62. The van der Waals surface area contributed by atoms with Gasteiger partial charge in [-0.1, -0.05) is 0 Å². The third-order valence-electron chi connectivity index (χ3n) is 3.88. The Morgan fingerprint density at radius 3 is 2.75 bits per heavy atom. The van der Waals surface area contributed by atoms with Crippen molar-refractivity contribution in [3.63, 3.8) is 0 Å². The second-order valence-electron chi connectivity index (χ2n) is 4.93. The minimum Gasteiger partial charge on any atom is -0.396 e. The molecule has 3 rings (SSSR count). The molecule has 2 aromatic rings. The lowest BCUT2D eigenvalue weighted by Crippen LogP contribution is -2.30. The average molecular weight is 296 g/mol. The molecule has 1 saturated carbocycles. The number of thioether (sulfide) groups is 1. The molecule has 0 spiro atoms. The number of aromatic nitrogens is 4. The summed E-state index contributed by atoms with van der Waals surface area (Å²) in [4.78, 5) is 12.7. The van der Waals surface area contributed by atoms with E-state index >= 15 is 0 Å².